The molecule has 0 aliphatic carbocycles. The van der Waals surface area contributed by atoms with Gasteiger partial charge in [0.1, 0.15) is 23.5 Å². The van der Waals surface area contributed by atoms with Crippen LogP contribution in [0.2, 0.25) is 0 Å². The molecule has 0 fully saturated rings. The van der Waals surface area contributed by atoms with Crippen LogP contribution in [0, 0.1) is 0 Å². The second-order valence-corrected chi connectivity index (χ2v) is 10.1. The largest absolute Gasteiger partial charge is 0.383 e. The minimum Gasteiger partial charge on any atom is -0.383 e. The number of fused-ring (bicyclic) bond motifs is 3. The van der Waals surface area contributed by atoms with Gasteiger partial charge in [0.2, 0.25) is 0 Å². The van der Waals surface area contributed by atoms with E-state index in [-0.39, 0.29) is 6.04 Å². The Bertz CT molecular complexity index is 1960. The standard InChI is InChI=1S/C26H22N10S/c1-14(23-17-5-3-4-6-20(17)36(33-23)16-10-31-34(2)11-16)35-12-18(22-24(27)29-13-30-25(22)35)15-7-8-21-19(9-15)32-26(28)37-21/h3-14H,1-2H3,(H2,28,32)(H2,27,29,30). The minimum absolute atomic E-state index is 0.146. The first-order valence-corrected chi connectivity index (χ1v) is 12.5. The Morgan fingerprint density at radius 3 is 2.73 bits per heavy atom. The van der Waals surface area contributed by atoms with E-state index in [1.807, 2.05) is 48.4 Å². The fourth-order valence-corrected chi connectivity index (χ4v) is 5.70. The molecule has 0 aliphatic heterocycles. The van der Waals surface area contributed by atoms with Crippen molar-refractivity contribution in [1.29, 1.82) is 0 Å². The predicted octanol–water partition coefficient (Wildman–Crippen LogP) is 4.55. The number of benzene rings is 2. The molecule has 1 atom stereocenters. The molecule has 2 aromatic carbocycles. The SMILES string of the molecule is CC(c1nn(-c2cnn(C)c2)c2ccccc12)n1cc(-c2ccc3sc(N)nc3c2)c2c(N)ncnc21. The number of rotatable bonds is 4. The second kappa shape index (κ2) is 7.87. The quantitative estimate of drug-likeness (QED) is 0.358. The molecular formula is C26H22N10S. The molecule has 0 bridgehead atoms. The molecule has 1 unspecified atom stereocenters. The number of anilines is 2. The maximum absolute atomic E-state index is 6.41. The molecule has 4 N–H and O–H groups in total. The summed E-state index contributed by atoms with van der Waals surface area (Å²) in [6, 6.07) is 14.2. The normalized spacial score (nSPS) is 12.7. The lowest BCUT2D eigenvalue weighted by Crippen LogP contribution is -2.08. The van der Waals surface area contributed by atoms with Crippen LogP contribution in [0.25, 0.3) is 49.0 Å². The first-order valence-electron chi connectivity index (χ1n) is 11.7. The van der Waals surface area contributed by atoms with Crippen molar-refractivity contribution in [3.05, 3.63) is 73.1 Å². The molecule has 0 saturated heterocycles. The van der Waals surface area contributed by atoms with Crippen molar-refractivity contribution < 1.29 is 0 Å². The molecule has 37 heavy (non-hydrogen) atoms. The first kappa shape index (κ1) is 21.5. The summed E-state index contributed by atoms with van der Waals surface area (Å²) < 4.78 is 6.86. The Morgan fingerprint density at radius 2 is 1.89 bits per heavy atom. The number of aromatic nitrogens is 8. The number of nitrogens with two attached hydrogens (primary N) is 2. The van der Waals surface area contributed by atoms with Crippen molar-refractivity contribution in [2.24, 2.45) is 7.05 Å². The van der Waals surface area contributed by atoms with Gasteiger partial charge in [0, 0.05) is 24.2 Å². The van der Waals surface area contributed by atoms with Crippen molar-refractivity contribution >= 4 is 54.4 Å². The van der Waals surface area contributed by atoms with Crippen molar-refractivity contribution in [1.82, 2.24) is 39.1 Å². The zero-order chi connectivity index (χ0) is 25.3. The van der Waals surface area contributed by atoms with E-state index in [1.54, 1.807) is 4.68 Å². The van der Waals surface area contributed by atoms with Gasteiger partial charge in [-0.1, -0.05) is 35.6 Å². The van der Waals surface area contributed by atoms with Gasteiger partial charge in [-0.25, -0.2) is 19.6 Å². The van der Waals surface area contributed by atoms with Gasteiger partial charge < -0.3 is 16.0 Å². The molecule has 182 valence electrons. The molecule has 11 heteroatoms. The molecule has 10 nitrogen and oxygen atoms in total. The number of hydrogen-bond acceptors (Lipinski definition) is 8. The summed E-state index contributed by atoms with van der Waals surface area (Å²) in [5.41, 5.74) is 18.7. The number of aryl methyl sites for hydroxylation is 1. The topological polar surface area (TPSA) is 131 Å². The van der Waals surface area contributed by atoms with Crippen LogP contribution in [-0.2, 0) is 7.05 Å². The third kappa shape index (κ3) is 3.28. The summed E-state index contributed by atoms with van der Waals surface area (Å²) in [5, 5.41) is 11.8. The molecule has 7 aromatic rings. The van der Waals surface area contributed by atoms with Gasteiger partial charge in [0.15, 0.2) is 5.13 Å². The number of nitrogens with zero attached hydrogens (tertiary/aromatic N) is 8. The Morgan fingerprint density at radius 1 is 1.03 bits per heavy atom. The average molecular weight is 507 g/mol. The molecule has 5 heterocycles. The predicted molar refractivity (Wildman–Crippen MR) is 147 cm³/mol. The van der Waals surface area contributed by atoms with Crippen LogP contribution in [0.1, 0.15) is 18.7 Å². The molecular weight excluding hydrogens is 484 g/mol. The maximum atomic E-state index is 6.41. The van der Waals surface area contributed by atoms with Crippen LogP contribution in [0.4, 0.5) is 10.9 Å². The lowest BCUT2D eigenvalue weighted by molar-refractivity contribution is 0.631. The molecule has 0 aliphatic rings. The van der Waals surface area contributed by atoms with Gasteiger partial charge in [-0.3, -0.25) is 4.68 Å². The van der Waals surface area contributed by atoms with Gasteiger partial charge in [0.05, 0.1) is 45.2 Å². The van der Waals surface area contributed by atoms with E-state index in [0.717, 1.165) is 54.7 Å². The van der Waals surface area contributed by atoms with Gasteiger partial charge in [0.25, 0.3) is 0 Å². The second-order valence-electron chi connectivity index (χ2n) is 9.00. The summed E-state index contributed by atoms with van der Waals surface area (Å²) in [6.07, 6.45) is 7.34. The smallest absolute Gasteiger partial charge is 0.181 e. The number of thiazole rings is 1. The van der Waals surface area contributed by atoms with E-state index >= 15 is 0 Å². The van der Waals surface area contributed by atoms with E-state index in [9.17, 15) is 0 Å². The van der Waals surface area contributed by atoms with Gasteiger partial charge in [-0.15, -0.1) is 0 Å². The van der Waals surface area contributed by atoms with Gasteiger partial charge in [-0.05, 0) is 30.7 Å². The summed E-state index contributed by atoms with van der Waals surface area (Å²) in [6.45, 7) is 2.12. The van der Waals surface area contributed by atoms with Gasteiger partial charge in [-0.2, -0.15) is 10.2 Å². The first-order chi connectivity index (χ1) is 18.0. The zero-order valence-electron chi connectivity index (χ0n) is 20.1. The Kier molecular flexibility index (Phi) is 4.57. The summed E-state index contributed by atoms with van der Waals surface area (Å²) in [4.78, 5) is 13.4. The van der Waals surface area contributed by atoms with Crippen molar-refractivity contribution in [3.63, 3.8) is 0 Å². The van der Waals surface area contributed by atoms with E-state index in [2.05, 4.69) is 55.9 Å². The van der Waals surface area contributed by atoms with Crippen LogP contribution >= 0.6 is 11.3 Å². The summed E-state index contributed by atoms with van der Waals surface area (Å²) in [7, 11) is 1.90. The molecule has 0 saturated carbocycles. The number of hydrogen-bond donors (Lipinski definition) is 2. The monoisotopic (exact) mass is 506 g/mol. The fourth-order valence-electron chi connectivity index (χ4n) is 4.98. The maximum Gasteiger partial charge on any atom is 0.181 e. The lowest BCUT2D eigenvalue weighted by Gasteiger charge is -2.13. The lowest BCUT2D eigenvalue weighted by atomic mass is 10.1. The molecule has 0 radical (unpaired) electrons. The Labute approximate surface area is 214 Å². The fraction of sp³-hybridized carbons (Fsp3) is 0.115. The minimum atomic E-state index is -0.146. The van der Waals surface area contributed by atoms with Gasteiger partial charge >= 0.3 is 0 Å². The van der Waals surface area contributed by atoms with E-state index < -0.39 is 0 Å². The van der Waals surface area contributed by atoms with Crippen molar-refractivity contribution in [2.45, 2.75) is 13.0 Å². The van der Waals surface area contributed by atoms with Crippen LogP contribution in [0.3, 0.4) is 0 Å². The van der Waals surface area contributed by atoms with E-state index in [0.29, 0.717) is 10.9 Å². The Hall–Kier alpha value is -4.77. The van der Waals surface area contributed by atoms with E-state index in [4.69, 9.17) is 16.6 Å². The summed E-state index contributed by atoms with van der Waals surface area (Å²) >= 11 is 1.47. The Balaban J connectivity index is 1.43. The van der Waals surface area contributed by atoms with Crippen molar-refractivity contribution in [3.8, 4) is 16.8 Å². The number of nitrogen functional groups attached to an aromatic ring is 2. The highest BCUT2D eigenvalue weighted by Crippen LogP contribution is 2.38. The summed E-state index contributed by atoms with van der Waals surface area (Å²) in [5.74, 6) is 0.426. The molecule has 7 rings (SSSR count). The van der Waals surface area contributed by atoms with Crippen LogP contribution < -0.4 is 11.5 Å². The highest BCUT2D eigenvalue weighted by atomic mass is 32.1. The van der Waals surface area contributed by atoms with Crippen molar-refractivity contribution in [2.75, 3.05) is 11.5 Å². The average Bonchev–Trinajstić information content (AvgIpc) is 3.66. The molecule has 5 aromatic heterocycles. The highest BCUT2D eigenvalue weighted by Gasteiger charge is 2.24. The van der Waals surface area contributed by atoms with E-state index in [1.165, 1.54) is 17.7 Å². The highest BCUT2D eigenvalue weighted by molar-refractivity contribution is 7.22. The third-order valence-electron chi connectivity index (χ3n) is 6.72. The van der Waals surface area contributed by atoms with Crippen LogP contribution in [-0.4, -0.2) is 39.1 Å². The zero-order valence-corrected chi connectivity index (χ0v) is 20.9. The molecule has 0 amide bonds. The van der Waals surface area contributed by atoms with Crippen LogP contribution in [0.5, 0.6) is 0 Å². The molecule has 0 spiro atoms. The number of para-hydroxylation sites is 1. The van der Waals surface area contributed by atoms with Crippen LogP contribution in [0.15, 0.2) is 67.4 Å². The third-order valence-corrected chi connectivity index (χ3v) is 7.58.